The number of benzene rings is 2. The number of aromatic nitrogens is 2. The molecule has 0 saturated carbocycles. The van der Waals surface area contributed by atoms with Crippen LogP contribution in [0.25, 0.3) is 0 Å². The average Bonchev–Trinajstić information content (AvgIpc) is 3.14. The number of likely N-dealkylation sites (N-methyl/N-ethyl adjacent to an activating group) is 1. The predicted molar refractivity (Wildman–Crippen MR) is 132 cm³/mol. The van der Waals surface area contributed by atoms with Gasteiger partial charge in [0.2, 0.25) is 5.95 Å². The summed E-state index contributed by atoms with van der Waals surface area (Å²) >= 11 is 0. The van der Waals surface area contributed by atoms with E-state index in [0.29, 0.717) is 54.2 Å². The molecule has 178 valence electrons. The van der Waals surface area contributed by atoms with Crippen LogP contribution in [-0.4, -0.2) is 55.1 Å². The summed E-state index contributed by atoms with van der Waals surface area (Å²) in [5.41, 5.74) is 4.05. The topological polar surface area (TPSA) is 101 Å². The number of methoxy groups -OCH3 is 2. The number of amides is 1. The molecule has 2 aromatic carbocycles. The van der Waals surface area contributed by atoms with E-state index in [1.165, 1.54) is 0 Å². The van der Waals surface area contributed by atoms with Crippen molar-refractivity contribution in [1.29, 1.82) is 0 Å². The van der Waals surface area contributed by atoms with E-state index in [4.69, 9.17) is 9.47 Å². The number of anilines is 3. The molecule has 0 spiro atoms. The molecule has 9 nitrogen and oxygen atoms in total. The van der Waals surface area contributed by atoms with Crippen LogP contribution in [0.4, 0.5) is 17.5 Å². The summed E-state index contributed by atoms with van der Waals surface area (Å²) in [7, 11) is 5.11. The minimum Gasteiger partial charge on any atom is -0.497 e. The van der Waals surface area contributed by atoms with Gasteiger partial charge in [-0.2, -0.15) is 4.98 Å². The first kappa shape index (κ1) is 23.3. The molecule has 3 aromatic rings. The minimum atomic E-state index is -0.121. The summed E-state index contributed by atoms with van der Waals surface area (Å²) in [5.74, 6) is 2.23. The van der Waals surface area contributed by atoms with Crippen molar-refractivity contribution >= 4 is 23.4 Å². The van der Waals surface area contributed by atoms with Gasteiger partial charge in [0.25, 0.3) is 5.91 Å². The number of rotatable bonds is 10. The zero-order valence-electron chi connectivity index (χ0n) is 19.9. The molecule has 1 aliphatic heterocycles. The van der Waals surface area contributed by atoms with Gasteiger partial charge in [-0.15, -0.1) is 0 Å². The molecule has 0 unspecified atom stereocenters. The second-order valence-corrected chi connectivity index (χ2v) is 8.08. The van der Waals surface area contributed by atoms with Crippen LogP contribution in [0.1, 0.15) is 27.2 Å². The Morgan fingerprint density at radius 2 is 1.91 bits per heavy atom. The molecule has 34 heavy (non-hydrogen) atoms. The van der Waals surface area contributed by atoms with Crippen molar-refractivity contribution in [2.24, 2.45) is 0 Å². The first-order valence-electron chi connectivity index (χ1n) is 11.2. The van der Waals surface area contributed by atoms with Gasteiger partial charge in [0.1, 0.15) is 22.9 Å². The summed E-state index contributed by atoms with van der Waals surface area (Å²) in [5, 5.41) is 9.66. The number of hydrogen-bond acceptors (Lipinski definition) is 8. The fourth-order valence-corrected chi connectivity index (χ4v) is 3.90. The number of aryl methyl sites for hydroxylation is 1. The molecule has 0 radical (unpaired) electrons. The van der Waals surface area contributed by atoms with Gasteiger partial charge < -0.3 is 30.3 Å². The van der Waals surface area contributed by atoms with E-state index in [2.05, 4.69) is 25.9 Å². The third-order valence-corrected chi connectivity index (χ3v) is 5.62. The number of hydrogen-bond donors (Lipinski definition) is 3. The highest BCUT2D eigenvalue weighted by Crippen LogP contribution is 2.33. The quantitative estimate of drug-likeness (QED) is 0.395. The molecule has 3 N–H and O–H groups in total. The van der Waals surface area contributed by atoms with Gasteiger partial charge in [-0.3, -0.25) is 4.79 Å². The Balaban J connectivity index is 1.64. The van der Waals surface area contributed by atoms with Gasteiger partial charge in [-0.1, -0.05) is 12.1 Å². The summed E-state index contributed by atoms with van der Waals surface area (Å²) in [4.78, 5) is 24.5. The smallest absolute Gasteiger partial charge is 0.260 e. The number of ether oxygens (including phenoxy) is 2. The molecule has 0 bridgehead atoms. The molecule has 1 aliphatic rings. The zero-order chi connectivity index (χ0) is 24.1. The van der Waals surface area contributed by atoms with Gasteiger partial charge in [0.15, 0.2) is 0 Å². The summed E-state index contributed by atoms with van der Waals surface area (Å²) in [6.45, 7) is 4.22. The van der Waals surface area contributed by atoms with Crippen LogP contribution in [0.5, 0.6) is 11.5 Å². The zero-order valence-corrected chi connectivity index (χ0v) is 19.9. The number of fused-ring (bicyclic) bond motifs is 1. The molecular formula is C25H30N6O3. The standard InChI is InChI=1S/C25H30N6O3/c1-16-6-5-7-18(12-16)28-23-22-20(29-25(30-23)27-11-10-26-2)15-31(24(22)32)14-17-8-9-19(33-3)13-21(17)34-4/h5-9,12-13,26H,10-11,14-15H2,1-4H3,(H2,27,28,29,30). The monoisotopic (exact) mass is 462 g/mol. The molecule has 1 aromatic heterocycles. The van der Waals surface area contributed by atoms with Crippen LogP contribution in [0.15, 0.2) is 42.5 Å². The second kappa shape index (κ2) is 10.4. The summed E-state index contributed by atoms with van der Waals surface area (Å²) in [6.07, 6.45) is 0. The van der Waals surface area contributed by atoms with Gasteiger partial charge in [-0.05, 0) is 43.8 Å². The highest BCUT2D eigenvalue weighted by atomic mass is 16.5. The Labute approximate surface area is 199 Å². The van der Waals surface area contributed by atoms with Gasteiger partial charge >= 0.3 is 0 Å². The maximum Gasteiger partial charge on any atom is 0.260 e. The second-order valence-electron chi connectivity index (χ2n) is 8.08. The Kier molecular flexibility index (Phi) is 7.12. The minimum absolute atomic E-state index is 0.121. The van der Waals surface area contributed by atoms with Crippen molar-refractivity contribution in [2.75, 3.05) is 45.0 Å². The van der Waals surface area contributed by atoms with E-state index in [1.807, 2.05) is 56.4 Å². The largest absolute Gasteiger partial charge is 0.497 e. The third kappa shape index (κ3) is 5.04. The molecule has 0 fully saturated rings. The van der Waals surface area contributed by atoms with Crippen molar-refractivity contribution in [2.45, 2.75) is 20.0 Å². The maximum atomic E-state index is 13.5. The van der Waals surface area contributed by atoms with Crippen molar-refractivity contribution in [3.63, 3.8) is 0 Å². The van der Waals surface area contributed by atoms with Crippen molar-refractivity contribution in [3.8, 4) is 11.5 Å². The highest BCUT2D eigenvalue weighted by molar-refractivity contribution is 6.03. The summed E-state index contributed by atoms with van der Waals surface area (Å²) < 4.78 is 10.8. The first-order valence-corrected chi connectivity index (χ1v) is 11.2. The summed E-state index contributed by atoms with van der Waals surface area (Å²) in [6, 6.07) is 13.6. The molecular weight excluding hydrogens is 432 g/mol. The van der Waals surface area contributed by atoms with Gasteiger partial charge in [0.05, 0.1) is 33.0 Å². The lowest BCUT2D eigenvalue weighted by atomic mass is 10.1. The number of nitrogens with one attached hydrogen (secondary N) is 3. The molecule has 0 atom stereocenters. The normalized spacial score (nSPS) is 12.5. The van der Waals surface area contributed by atoms with E-state index in [9.17, 15) is 4.79 Å². The van der Waals surface area contributed by atoms with Crippen LogP contribution in [0.2, 0.25) is 0 Å². The lowest BCUT2D eigenvalue weighted by Gasteiger charge is -2.18. The lowest BCUT2D eigenvalue weighted by molar-refractivity contribution is 0.0766. The molecule has 4 rings (SSSR count). The van der Waals surface area contributed by atoms with Crippen LogP contribution in [0.3, 0.4) is 0 Å². The van der Waals surface area contributed by atoms with Crippen LogP contribution >= 0.6 is 0 Å². The molecule has 0 saturated heterocycles. The van der Waals surface area contributed by atoms with Crippen LogP contribution in [0, 0.1) is 6.92 Å². The Bertz CT molecular complexity index is 1180. The molecule has 2 heterocycles. The van der Waals surface area contributed by atoms with Crippen molar-refractivity contribution in [3.05, 3.63) is 64.8 Å². The predicted octanol–water partition coefficient (Wildman–Crippen LogP) is 3.33. The highest BCUT2D eigenvalue weighted by Gasteiger charge is 2.33. The number of carbonyl (C=O) groups is 1. The fraction of sp³-hybridized carbons (Fsp3) is 0.320. The lowest BCUT2D eigenvalue weighted by Crippen LogP contribution is -2.24. The Morgan fingerprint density at radius 3 is 2.65 bits per heavy atom. The van der Waals surface area contributed by atoms with Crippen molar-refractivity contribution in [1.82, 2.24) is 20.2 Å². The Morgan fingerprint density at radius 1 is 1.06 bits per heavy atom. The Hall–Kier alpha value is -3.85. The fourth-order valence-electron chi connectivity index (χ4n) is 3.90. The van der Waals surface area contributed by atoms with E-state index in [0.717, 1.165) is 23.4 Å². The van der Waals surface area contributed by atoms with Crippen molar-refractivity contribution < 1.29 is 14.3 Å². The molecule has 1 amide bonds. The van der Waals surface area contributed by atoms with E-state index >= 15 is 0 Å². The van der Waals surface area contributed by atoms with E-state index in [-0.39, 0.29) is 5.91 Å². The van der Waals surface area contributed by atoms with Gasteiger partial charge in [-0.25, -0.2) is 4.98 Å². The van der Waals surface area contributed by atoms with Crippen LogP contribution in [-0.2, 0) is 13.1 Å². The van der Waals surface area contributed by atoms with E-state index < -0.39 is 0 Å². The maximum absolute atomic E-state index is 13.5. The van der Waals surface area contributed by atoms with Crippen LogP contribution < -0.4 is 25.4 Å². The first-order chi connectivity index (χ1) is 16.5. The molecule has 0 aliphatic carbocycles. The van der Waals surface area contributed by atoms with E-state index in [1.54, 1.807) is 19.1 Å². The average molecular weight is 463 g/mol. The SMILES string of the molecule is CNCCNc1nc2c(c(Nc3cccc(C)c3)n1)C(=O)N(Cc1ccc(OC)cc1OC)C2. The number of nitrogens with zero attached hydrogens (tertiary/aromatic N) is 3. The van der Waals surface area contributed by atoms with Gasteiger partial charge in [0, 0.05) is 30.4 Å². The third-order valence-electron chi connectivity index (χ3n) is 5.62. The molecule has 9 heteroatoms. The number of carbonyl (C=O) groups excluding carboxylic acids is 1.